The van der Waals surface area contributed by atoms with Gasteiger partial charge in [-0.2, -0.15) is 0 Å². The van der Waals surface area contributed by atoms with Crippen LogP contribution < -0.4 is 0 Å². The summed E-state index contributed by atoms with van der Waals surface area (Å²) >= 11 is 0. The van der Waals surface area contributed by atoms with Crippen LogP contribution in [0.4, 0.5) is 0 Å². The molecule has 0 aromatic carbocycles. The van der Waals surface area contributed by atoms with Gasteiger partial charge in [-0.05, 0) is 38.6 Å². The molecular weight excluding hydrogens is 224 g/mol. The van der Waals surface area contributed by atoms with Gasteiger partial charge >= 0.3 is 0 Å². The van der Waals surface area contributed by atoms with Crippen molar-refractivity contribution in [2.75, 3.05) is 26.2 Å². The summed E-state index contributed by atoms with van der Waals surface area (Å²) in [5.74, 6) is 1.44. The van der Waals surface area contributed by atoms with Gasteiger partial charge in [-0.15, -0.1) is 0 Å². The molecule has 0 aliphatic carbocycles. The summed E-state index contributed by atoms with van der Waals surface area (Å²) in [7, 11) is 0. The Balaban J connectivity index is 1.61. The lowest BCUT2D eigenvalue weighted by Gasteiger charge is -2.63. The Bertz CT molecular complexity index is 334. The van der Waals surface area contributed by atoms with Crippen LogP contribution in [0, 0.1) is 17.0 Å². The largest absolute Gasteiger partial charge is 0.633 e. The second-order valence-corrected chi connectivity index (χ2v) is 7.24. The van der Waals surface area contributed by atoms with Crippen molar-refractivity contribution in [3.8, 4) is 0 Å². The van der Waals surface area contributed by atoms with E-state index in [1.165, 1.54) is 58.0 Å². The standard InChI is InChI=1S/C15H26N2O/c18-17-8-4-2-6-15(17)12-9-13(11-17)14-5-1-3-7-16(14)10-12/h12-15H,1-11H2/t12?,13-,14+,15-,17?/m0/s1. The van der Waals surface area contributed by atoms with E-state index in [1.54, 1.807) is 0 Å². The SMILES string of the molecule is [O-][N+]12CCCC[C@H]1C1C[C@@H](C2)[C@H]2CCCCN2C1. The lowest BCUT2D eigenvalue weighted by molar-refractivity contribution is -0.925. The summed E-state index contributed by atoms with van der Waals surface area (Å²) in [6, 6.07) is 1.22. The summed E-state index contributed by atoms with van der Waals surface area (Å²) < 4.78 is 0.194. The van der Waals surface area contributed by atoms with E-state index in [0.717, 1.165) is 31.0 Å². The Morgan fingerprint density at radius 1 is 1.00 bits per heavy atom. The van der Waals surface area contributed by atoms with Gasteiger partial charge in [0.15, 0.2) is 0 Å². The van der Waals surface area contributed by atoms with Crippen LogP contribution in [0.2, 0.25) is 0 Å². The molecule has 0 amide bonds. The third-order valence-electron chi connectivity index (χ3n) is 6.26. The molecule has 4 saturated heterocycles. The molecule has 0 saturated carbocycles. The van der Waals surface area contributed by atoms with Crippen LogP contribution in [0.3, 0.4) is 0 Å². The van der Waals surface area contributed by atoms with Crippen molar-refractivity contribution in [1.29, 1.82) is 0 Å². The second kappa shape index (κ2) is 4.19. The molecule has 0 N–H and O–H groups in total. The molecule has 5 atom stereocenters. The predicted octanol–water partition coefficient (Wildman–Crippen LogP) is 2.36. The zero-order valence-electron chi connectivity index (χ0n) is 11.4. The van der Waals surface area contributed by atoms with Crippen LogP contribution in [0.5, 0.6) is 0 Å². The van der Waals surface area contributed by atoms with E-state index in [1.807, 2.05) is 0 Å². The fourth-order valence-corrected chi connectivity index (χ4v) is 5.55. The molecule has 0 radical (unpaired) electrons. The van der Waals surface area contributed by atoms with Crippen molar-refractivity contribution < 1.29 is 4.65 Å². The minimum absolute atomic E-state index is 0.194. The third-order valence-corrected chi connectivity index (χ3v) is 6.26. The number of hydrogen-bond acceptors (Lipinski definition) is 2. The molecule has 3 heteroatoms. The van der Waals surface area contributed by atoms with E-state index in [0.29, 0.717) is 6.04 Å². The van der Waals surface area contributed by atoms with Crippen LogP contribution >= 0.6 is 0 Å². The van der Waals surface area contributed by atoms with Crippen LogP contribution in [-0.4, -0.2) is 47.8 Å². The maximum atomic E-state index is 13.1. The average molecular weight is 250 g/mol. The average Bonchev–Trinajstić information content (AvgIpc) is 2.38. The van der Waals surface area contributed by atoms with E-state index in [9.17, 15) is 5.21 Å². The molecule has 4 aliphatic heterocycles. The molecule has 18 heavy (non-hydrogen) atoms. The topological polar surface area (TPSA) is 26.3 Å². The third kappa shape index (κ3) is 1.67. The summed E-state index contributed by atoms with van der Waals surface area (Å²) in [5.41, 5.74) is 0. The number of hydroxylamine groups is 3. The minimum Gasteiger partial charge on any atom is -0.633 e. The molecule has 0 aromatic heterocycles. The number of nitrogens with zero attached hydrogens (tertiary/aromatic N) is 2. The molecule has 0 spiro atoms. The van der Waals surface area contributed by atoms with E-state index in [2.05, 4.69) is 4.90 Å². The zero-order valence-corrected chi connectivity index (χ0v) is 11.4. The predicted molar refractivity (Wildman–Crippen MR) is 71.8 cm³/mol. The zero-order chi connectivity index (χ0) is 12.2. The van der Waals surface area contributed by atoms with Gasteiger partial charge in [0.1, 0.15) is 0 Å². The highest BCUT2D eigenvalue weighted by Crippen LogP contribution is 2.45. The first-order valence-corrected chi connectivity index (χ1v) is 8.08. The van der Waals surface area contributed by atoms with Gasteiger partial charge in [0, 0.05) is 30.8 Å². The maximum Gasteiger partial charge on any atom is 0.0928 e. The summed E-state index contributed by atoms with van der Waals surface area (Å²) in [5, 5.41) is 13.1. The Kier molecular flexibility index (Phi) is 2.72. The molecule has 4 rings (SSSR count). The van der Waals surface area contributed by atoms with Crippen LogP contribution in [0.15, 0.2) is 0 Å². The van der Waals surface area contributed by atoms with Gasteiger partial charge in [0.2, 0.25) is 0 Å². The van der Waals surface area contributed by atoms with Crippen LogP contribution in [0.25, 0.3) is 0 Å². The normalized spacial score (nSPS) is 52.5. The molecule has 102 valence electrons. The second-order valence-electron chi connectivity index (χ2n) is 7.24. The molecular formula is C15H26N2O. The number of hydrogen-bond donors (Lipinski definition) is 0. The van der Waals surface area contributed by atoms with Crippen LogP contribution in [0.1, 0.15) is 44.9 Å². The van der Waals surface area contributed by atoms with Gasteiger partial charge in [-0.3, -0.25) is 4.90 Å². The summed E-state index contributed by atoms with van der Waals surface area (Å²) in [6.45, 7) is 4.42. The Hall–Kier alpha value is -0.120. The molecule has 4 heterocycles. The number of rotatable bonds is 0. The van der Waals surface area contributed by atoms with Crippen molar-refractivity contribution in [2.45, 2.75) is 57.0 Å². The van der Waals surface area contributed by atoms with E-state index < -0.39 is 0 Å². The first-order chi connectivity index (χ1) is 8.76. The van der Waals surface area contributed by atoms with Gasteiger partial charge in [0.05, 0.1) is 19.1 Å². The van der Waals surface area contributed by atoms with Crippen molar-refractivity contribution in [3.63, 3.8) is 0 Å². The molecule has 4 aliphatic rings. The molecule has 0 aromatic rings. The van der Waals surface area contributed by atoms with Gasteiger partial charge in [0.25, 0.3) is 0 Å². The Morgan fingerprint density at radius 2 is 1.89 bits per heavy atom. The number of quaternary nitrogens is 1. The Labute approximate surface area is 110 Å². The van der Waals surface area contributed by atoms with Crippen molar-refractivity contribution >= 4 is 0 Å². The molecule has 3 nitrogen and oxygen atoms in total. The Morgan fingerprint density at radius 3 is 2.83 bits per heavy atom. The summed E-state index contributed by atoms with van der Waals surface area (Å²) in [6.07, 6.45) is 9.20. The lowest BCUT2D eigenvalue weighted by atomic mass is 9.70. The molecule has 2 unspecified atom stereocenters. The van der Waals surface area contributed by atoms with Crippen molar-refractivity contribution in [1.82, 2.24) is 4.90 Å². The fourth-order valence-electron chi connectivity index (χ4n) is 5.55. The van der Waals surface area contributed by atoms with Crippen molar-refractivity contribution in [2.24, 2.45) is 11.8 Å². The first-order valence-electron chi connectivity index (χ1n) is 8.08. The van der Waals surface area contributed by atoms with Gasteiger partial charge < -0.3 is 9.85 Å². The highest BCUT2D eigenvalue weighted by Gasteiger charge is 2.51. The first kappa shape index (κ1) is 11.7. The van der Waals surface area contributed by atoms with E-state index >= 15 is 0 Å². The van der Waals surface area contributed by atoms with E-state index in [-0.39, 0.29) is 4.65 Å². The van der Waals surface area contributed by atoms with Crippen molar-refractivity contribution in [3.05, 3.63) is 5.21 Å². The fraction of sp³-hybridized carbons (Fsp3) is 1.00. The summed E-state index contributed by atoms with van der Waals surface area (Å²) in [4.78, 5) is 2.75. The molecule has 2 bridgehead atoms. The number of piperidine rings is 4. The van der Waals surface area contributed by atoms with E-state index in [4.69, 9.17) is 0 Å². The lowest BCUT2D eigenvalue weighted by Crippen LogP contribution is -2.69. The number of fused-ring (bicyclic) bond motifs is 6. The molecule has 4 fully saturated rings. The highest BCUT2D eigenvalue weighted by molar-refractivity contribution is 4.96. The highest BCUT2D eigenvalue weighted by atomic mass is 16.5. The van der Waals surface area contributed by atoms with Gasteiger partial charge in [-0.1, -0.05) is 6.42 Å². The van der Waals surface area contributed by atoms with Crippen LogP contribution in [-0.2, 0) is 0 Å². The van der Waals surface area contributed by atoms with Gasteiger partial charge in [-0.25, -0.2) is 0 Å². The quantitative estimate of drug-likeness (QED) is 0.487. The maximum absolute atomic E-state index is 13.1. The smallest absolute Gasteiger partial charge is 0.0928 e. The monoisotopic (exact) mass is 250 g/mol. The minimum atomic E-state index is 0.194.